The summed E-state index contributed by atoms with van der Waals surface area (Å²) in [6.45, 7) is 0. The number of nitrogens with two attached hydrogens (primary N) is 1. The summed E-state index contributed by atoms with van der Waals surface area (Å²) in [7, 11) is 2.32. The molecule has 1 aliphatic carbocycles. The Hall–Kier alpha value is -0.900. The van der Waals surface area contributed by atoms with Gasteiger partial charge in [0.15, 0.2) is 0 Å². The lowest BCUT2D eigenvalue weighted by Gasteiger charge is -2.47. The Labute approximate surface area is 127 Å². The average molecular weight is 285 g/mol. The van der Waals surface area contributed by atoms with E-state index in [2.05, 4.69) is 41.5 Å². The van der Waals surface area contributed by atoms with Crippen LogP contribution in [-0.2, 0) is 0 Å². The Morgan fingerprint density at radius 2 is 1.71 bits per heavy atom. The second kappa shape index (κ2) is 5.38. The van der Waals surface area contributed by atoms with E-state index in [9.17, 15) is 0 Å². The van der Waals surface area contributed by atoms with Crippen molar-refractivity contribution in [2.75, 3.05) is 7.05 Å². The highest BCUT2D eigenvalue weighted by atomic mass is 15.2. The second-order valence-corrected chi connectivity index (χ2v) is 7.26. The third-order valence-electron chi connectivity index (χ3n) is 6.04. The van der Waals surface area contributed by atoms with Crippen LogP contribution in [-0.4, -0.2) is 30.1 Å². The number of nitrogens with one attached hydrogen (secondary N) is 1. The van der Waals surface area contributed by atoms with Crippen LogP contribution in [0.2, 0.25) is 0 Å². The van der Waals surface area contributed by atoms with E-state index in [1.807, 2.05) is 0 Å². The smallest absolute Gasteiger partial charge is 0.0344 e. The third-order valence-corrected chi connectivity index (χ3v) is 6.04. The summed E-state index contributed by atoms with van der Waals surface area (Å²) in [5, 5.41) is 3.95. The molecule has 4 atom stereocenters. The molecule has 4 rings (SSSR count). The fourth-order valence-corrected chi connectivity index (χ4v) is 4.87. The maximum Gasteiger partial charge on any atom is 0.0344 e. The number of nitrogens with zero attached hydrogens (tertiary/aromatic N) is 1. The molecule has 2 fully saturated rings. The van der Waals surface area contributed by atoms with Gasteiger partial charge in [0, 0.05) is 30.2 Å². The molecule has 3 aliphatic rings. The van der Waals surface area contributed by atoms with E-state index in [1.54, 1.807) is 0 Å². The topological polar surface area (TPSA) is 41.3 Å². The predicted octanol–water partition coefficient (Wildman–Crippen LogP) is 2.74. The summed E-state index contributed by atoms with van der Waals surface area (Å²) >= 11 is 0. The number of benzene rings is 1. The number of rotatable bonds is 2. The van der Waals surface area contributed by atoms with Crippen molar-refractivity contribution in [3.63, 3.8) is 0 Å². The summed E-state index contributed by atoms with van der Waals surface area (Å²) in [4.78, 5) is 2.63. The normalized spacial score (nSPS) is 39.2. The molecule has 0 saturated carbocycles. The minimum Gasteiger partial charge on any atom is -0.324 e. The highest BCUT2D eigenvalue weighted by Crippen LogP contribution is 2.39. The summed E-state index contributed by atoms with van der Waals surface area (Å²) in [6.07, 6.45) is 7.85. The molecule has 1 aromatic rings. The monoisotopic (exact) mass is 285 g/mol. The van der Waals surface area contributed by atoms with E-state index in [1.165, 1.54) is 43.2 Å². The quantitative estimate of drug-likeness (QED) is 0.878. The maximum absolute atomic E-state index is 6.31. The SMILES string of the molecule is CN1C2CCCC1CC(NC1CC(N)c3ccccc31)C2. The van der Waals surface area contributed by atoms with Gasteiger partial charge in [-0.05, 0) is 50.3 Å². The van der Waals surface area contributed by atoms with Gasteiger partial charge in [-0.15, -0.1) is 0 Å². The highest BCUT2D eigenvalue weighted by Gasteiger charge is 2.38. The van der Waals surface area contributed by atoms with Crippen molar-refractivity contribution in [2.24, 2.45) is 5.73 Å². The first-order valence-corrected chi connectivity index (χ1v) is 8.54. The van der Waals surface area contributed by atoms with E-state index in [0.29, 0.717) is 12.1 Å². The standard InChI is InChI=1S/C18H27N3/c1-21-13-5-4-6-14(21)10-12(9-13)20-18-11-17(19)15-7-2-3-8-16(15)18/h2-3,7-8,12-14,17-18,20H,4-6,9-11,19H2,1H3. The van der Waals surface area contributed by atoms with E-state index in [-0.39, 0.29) is 6.04 Å². The molecule has 2 aliphatic heterocycles. The van der Waals surface area contributed by atoms with Gasteiger partial charge in [0.1, 0.15) is 0 Å². The third kappa shape index (κ3) is 2.41. The van der Waals surface area contributed by atoms with Crippen molar-refractivity contribution < 1.29 is 0 Å². The molecule has 21 heavy (non-hydrogen) atoms. The van der Waals surface area contributed by atoms with Gasteiger partial charge in [-0.1, -0.05) is 30.7 Å². The number of fused-ring (bicyclic) bond motifs is 3. The second-order valence-electron chi connectivity index (χ2n) is 7.26. The summed E-state index contributed by atoms with van der Waals surface area (Å²) in [6, 6.07) is 11.6. The minimum absolute atomic E-state index is 0.212. The van der Waals surface area contributed by atoms with Crippen molar-refractivity contribution in [3.8, 4) is 0 Å². The molecular formula is C18H27N3. The molecule has 4 unspecified atom stereocenters. The fourth-order valence-electron chi connectivity index (χ4n) is 4.87. The number of hydrogen-bond donors (Lipinski definition) is 2. The molecule has 114 valence electrons. The first kappa shape index (κ1) is 13.7. The zero-order valence-electron chi connectivity index (χ0n) is 13.0. The van der Waals surface area contributed by atoms with Gasteiger partial charge >= 0.3 is 0 Å². The van der Waals surface area contributed by atoms with Gasteiger partial charge in [0.2, 0.25) is 0 Å². The van der Waals surface area contributed by atoms with Crippen LogP contribution >= 0.6 is 0 Å². The lowest BCUT2D eigenvalue weighted by Crippen LogP contribution is -2.54. The van der Waals surface area contributed by atoms with Gasteiger partial charge < -0.3 is 16.0 Å². The van der Waals surface area contributed by atoms with E-state index >= 15 is 0 Å². The molecular weight excluding hydrogens is 258 g/mol. The van der Waals surface area contributed by atoms with Crippen LogP contribution < -0.4 is 11.1 Å². The average Bonchev–Trinajstić information content (AvgIpc) is 2.77. The van der Waals surface area contributed by atoms with E-state index < -0.39 is 0 Å². The molecule has 1 aromatic carbocycles. The molecule has 2 saturated heterocycles. The Morgan fingerprint density at radius 3 is 2.43 bits per heavy atom. The summed E-state index contributed by atoms with van der Waals surface area (Å²) in [5.74, 6) is 0. The van der Waals surface area contributed by atoms with Crippen molar-refractivity contribution in [1.82, 2.24) is 10.2 Å². The van der Waals surface area contributed by atoms with Gasteiger partial charge in [-0.25, -0.2) is 0 Å². The first-order chi connectivity index (χ1) is 10.2. The lowest BCUT2D eigenvalue weighted by atomic mass is 9.82. The van der Waals surface area contributed by atoms with Gasteiger partial charge in [-0.2, -0.15) is 0 Å². The predicted molar refractivity (Wildman–Crippen MR) is 86.1 cm³/mol. The zero-order valence-corrected chi connectivity index (χ0v) is 13.0. The molecule has 3 heteroatoms. The van der Waals surface area contributed by atoms with Crippen LogP contribution in [0, 0.1) is 0 Å². The Balaban J connectivity index is 1.48. The Kier molecular flexibility index (Phi) is 3.52. The molecule has 3 nitrogen and oxygen atoms in total. The fraction of sp³-hybridized carbons (Fsp3) is 0.667. The van der Waals surface area contributed by atoms with Crippen molar-refractivity contribution in [2.45, 2.75) is 68.7 Å². The van der Waals surface area contributed by atoms with E-state index in [4.69, 9.17) is 5.73 Å². The molecule has 3 N–H and O–H groups in total. The molecule has 0 radical (unpaired) electrons. The Bertz CT molecular complexity index is 501. The largest absolute Gasteiger partial charge is 0.324 e. The molecule has 0 aromatic heterocycles. The number of hydrogen-bond acceptors (Lipinski definition) is 3. The van der Waals surface area contributed by atoms with Crippen molar-refractivity contribution >= 4 is 0 Å². The van der Waals surface area contributed by atoms with Crippen LogP contribution in [0.1, 0.15) is 61.7 Å². The summed E-state index contributed by atoms with van der Waals surface area (Å²) in [5.41, 5.74) is 9.10. The van der Waals surface area contributed by atoms with Gasteiger partial charge in [-0.3, -0.25) is 0 Å². The van der Waals surface area contributed by atoms with Crippen LogP contribution in [0.15, 0.2) is 24.3 Å². The molecule has 2 heterocycles. The first-order valence-electron chi connectivity index (χ1n) is 8.54. The van der Waals surface area contributed by atoms with Crippen molar-refractivity contribution in [3.05, 3.63) is 35.4 Å². The zero-order chi connectivity index (χ0) is 14.4. The van der Waals surface area contributed by atoms with E-state index in [0.717, 1.165) is 18.5 Å². The molecule has 2 bridgehead atoms. The minimum atomic E-state index is 0.212. The van der Waals surface area contributed by atoms with Crippen molar-refractivity contribution in [1.29, 1.82) is 0 Å². The molecule has 0 spiro atoms. The maximum atomic E-state index is 6.31. The van der Waals surface area contributed by atoms with Crippen LogP contribution in [0.5, 0.6) is 0 Å². The van der Waals surface area contributed by atoms with Gasteiger partial charge in [0.25, 0.3) is 0 Å². The van der Waals surface area contributed by atoms with Crippen LogP contribution in [0.25, 0.3) is 0 Å². The lowest BCUT2D eigenvalue weighted by molar-refractivity contribution is 0.0456. The highest BCUT2D eigenvalue weighted by molar-refractivity contribution is 5.37. The Morgan fingerprint density at radius 1 is 1.05 bits per heavy atom. The summed E-state index contributed by atoms with van der Waals surface area (Å²) < 4.78 is 0. The molecule has 0 amide bonds. The number of piperidine rings is 2. The van der Waals surface area contributed by atoms with Crippen LogP contribution in [0.4, 0.5) is 0 Å². The van der Waals surface area contributed by atoms with Crippen LogP contribution in [0.3, 0.4) is 0 Å². The van der Waals surface area contributed by atoms with Gasteiger partial charge in [0.05, 0.1) is 0 Å².